The zero-order chi connectivity index (χ0) is 13.6. The van der Waals surface area contributed by atoms with Crippen LogP contribution in [0.4, 0.5) is 4.79 Å². The van der Waals surface area contributed by atoms with Gasteiger partial charge in [0.25, 0.3) is 0 Å². The molecule has 0 radical (unpaired) electrons. The molecule has 1 saturated heterocycles. The Kier molecular flexibility index (Phi) is 5.93. The Morgan fingerprint density at radius 3 is 2.72 bits per heavy atom. The monoisotopic (exact) mass is 256 g/mol. The number of nitrogens with zero attached hydrogens (tertiary/aromatic N) is 1. The van der Waals surface area contributed by atoms with Gasteiger partial charge in [-0.1, -0.05) is 0 Å². The molecule has 1 atom stereocenters. The van der Waals surface area contributed by atoms with Crippen LogP contribution in [0.15, 0.2) is 0 Å². The number of carbonyl (C=O) groups excluding carboxylic acids is 1. The van der Waals surface area contributed by atoms with Crippen molar-refractivity contribution < 1.29 is 9.53 Å². The van der Waals surface area contributed by atoms with Crippen LogP contribution in [0.5, 0.6) is 0 Å². The molecule has 1 N–H and O–H groups in total. The molecule has 4 nitrogen and oxygen atoms in total. The second-order valence-corrected chi connectivity index (χ2v) is 6.07. The van der Waals surface area contributed by atoms with Gasteiger partial charge in [-0.3, -0.25) is 0 Å². The van der Waals surface area contributed by atoms with Gasteiger partial charge in [0.1, 0.15) is 5.60 Å². The van der Waals surface area contributed by atoms with Gasteiger partial charge >= 0.3 is 6.09 Å². The zero-order valence-electron chi connectivity index (χ0n) is 12.3. The molecule has 1 amide bonds. The molecule has 0 aliphatic carbocycles. The van der Waals surface area contributed by atoms with E-state index in [2.05, 4.69) is 5.32 Å². The molecule has 18 heavy (non-hydrogen) atoms. The third-order valence-electron chi connectivity index (χ3n) is 3.22. The van der Waals surface area contributed by atoms with Crippen molar-refractivity contribution in [3.63, 3.8) is 0 Å². The van der Waals surface area contributed by atoms with E-state index in [1.165, 1.54) is 6.42 Å². The van der Waals surface area contributed by atoms with E-state index in [-0.39, 0.29) is 6.09 Å². The number of carbonyl (C=O) groups is 1. The molecule has 0 aromatic carbocycles. The maximum absolute atomic E-state index is 12.1. The largest absolute Gasteiger partial charge is 0.444 e. The molecule has 1 aliphatic rings. The van der Waals surface area contributed by atoms with Crippen molar-refractivity contribution in [2.75, 3.05) is 20.1 Å². The molecular weight excluding hydrogens is 228 g/mol. The van der Waals surface area contributed by atoms with Crippen molar-refractivity contribution in [1.29, 1.82) is 0 Å². The predicted octanol–water partition coefficient (Wildman–Crippen LogP) is 2.78. The van der Waals surface area contributed by atoms with Crippen LogP contribution >= 0.6 is 0 Å². The van der Waals surface area contributed by atoms with Gasteiger partial charge in [-0.2, -0.15) is 0 Å². The number of hydrogen-bond donors (Lipinski definition) is 1. The fourth-order valence-electron chi connectivity index (χ4n) is 2.38. The van der Waals surface area contributed by atoms with E-state index in [4.69, 9.17) is 4.74 Å². The number of amides is 1. The first-order valence-electron chi connectivity index (χ1n) is 7.08. The van der Waals surface area contributed by atoms with Crippen LogP contribution < -0.4 is 5.32 Å². The van der Waals surface area contributed by atoms with Gasteiger partial charge in [0.05, 0.1) is 0 Å². The van der Waals surface area contributed by atoms with Gasteiger partial charge < -0.3 is 15.0 Å². The molecule has 0 saturated carbocycles. The van der Waals surface area contributed by atoms with Gasteiger partial charge in [-0.15, -0.1) is 0 Å². The van der Waals surface area contributed by atoms with Crippen LogP contribution in [-0.2, 0) is 4.74 Å². The zero-order valence-corrected chi connectivity index (χ0v) is 12.3. The summed E-state index contributed by atoms with van der Waals surface area (Å²) in [6.45, 7) is 7.62. The molecule has 4 heteroatoms. The average Bonchev–Trinajstić information content (AvgIpc) is 2.27. The Hall–Kier alpha value is -0.770. The fraction of sp³-hybridized carbons (Fsp3) is 0.929. The van der Waals surface area contributed by atoms with Crippen molar-refractivity contribution in [2.24, 2.45) is 0 Å². The van der Waals surface area contributed by atoms with Crippen LogP contribution in [0.1, 0.15) is 52.9 Å². The standard InChI is InChI=1S/C14H28N2O2/c1-14(2,3)18-13(17)16-11-6-5-8-12(16)9-7-10-15-4/h12,15H,5-11H2,1-4H3/t12-/m0/s1. The first-order valence-corrected chi connectivity index (χ1v) is 7.08. The lowest BCUT2D eigenvalue weighted by Crippen LogP contribution is -2.46. The van der Waals surface area contributed by atoms with Crippen molar-refractivity contribution >= 4 is 6.09 Å². The lowest BCUT2D eigenvalue weighted by atomic mass is 9.98. The van der Waals surface area contributed by atoms with E-state index in [0.29, 0.717) is 6.04 Å². The topological polar surface area (TPSA) is 41.6 Å². The van der Waals surface area contributed by atoms with E-state index < -0.39 is 5.60 Å². The summed E-state index contributed by atoms with van der Waals surface area (Å²) in [6, 6.07) is 0.363. The predicted molar refractivity (Wildman–Crippen MR) is 73.7 cm³/mol. The summed E-state index contributed by atoms with van der Waals surface area (Å²) in [5.74, 6) is 0. The SMILES string of the molecule is CNCCC[C@@H]1CCCCN1C(=O)OC(C)(C)C. The Bertz CT molecular complexity index is 261. The Labute approximate surface area is 111 Å². The molecule has 106 valence electrons. The molecular formula is C14H28N2O2. The Balaban J connectivity index is 2.50. The lowest BCUT2D eigenvalue weighted by molar-refractivity contribution is 0.00868. The van der Waals surface area contributed by atoms with E-state index in [0.717, 1.165) is 38.8 Å². The van der Waals surface area contributed by atoms with Gasteiger partial charge in [0.2, 0.25) is 0 Å². The number of rotatable bonds is 4. The maximum atomic E-state index is 12.1. The molecule has 1 heterocycles. The van der Waals surface area contributed by atoms with Gasteiger partial charge in [0, 0.05) is 12.6 Å². The third-order valence-corrected chi connectivity index (χ3v) is 3.22. The molecule has 1 fully saturated rings. The highest BCUT2D eigenvalue weighted by Gasteiger charge is 2.29. The normalized spacial score (nSPS) is 20.9. The minimum Gasteiger partial charge on any atom is -0.444 e. The highest BCUT2D eigenvalue weighted by molar-refractivity contribution is 5.68. The molecule has 0 aromatic heterocycles. The second-order valence-electron chi connectivity index (χ2n) is 6.07. The van der Waals surface area contributed by atoms with Crippen LogP contribution in [0.25, 0.3) is 0 Å². The molecule has 0 bridgehead atoms. The number of hydrogen-bond acceptors (Lipinski definition) is 3. The van der Waals surface area contributed by atoms with Crippen molar-refractivity contribution in [3.05, 3.63) is 0 Å². The summed E-state index contributed by atoms with van der Waals surface area (Å²) in [7, 11) is 1.96. The molecule has 0 spiro atoms. The van der Waals surface area contributed by atoms with Crippen molar-refractivity contribution in [1.82, 2.24) is 10.2 Å². The van der Waals surface area contributed by atoms with E-state index >= 15 is 0 Å². The fourth-order valence-corrected chi connectivity index (χ4v) is 2.38. The van der Waals surface area contributed by atoms with Gasteiger partial charge in [-0.05, 0) is 66.5 Å². The van der Waals surface area contributed by atoms with Crippen LogP contribution in [0.2, 0.25) is 0 Å². The molecule has 0 aromatic rings. The number of likely N-dealkylation sites (tertiary alicyclic amines) is 1. The van der Waals surface area contributed by atoms with Gasteiger partial charge in [0.15, 0.2) is 0 Å². The van der Waals surface area contributed by atoms with Gasteiger partial charge in [-0.25, -0.2) is 4.79 Å². The van der Waals surface area contributed by atoms with Crippen molar-refractivity contribution in [2.45, 2.75) is 64.5 Å². The minimum absolute atomic E-state index is 0.142. The highest BCUT2D eigenvalue weighted by Crippen LogP contribution is 2.23. The first-order chi connectivity index (χ1) is 8.44. The maximum Gasteiger partial charge on any atom is 0.410 e. The number of ether oxygens (including phenoxy) is 1. The first kappa shape index (κ1) is 15.3. The molecule has 1 aliphatic heterocycles. The Morgan fingerprint density at radius 1 is 1.39 bits per heavy atom. The third kappa shape index (κ3) is 5.25. The quantitative estimate of drug-likeness (QED) is 0.786. The highest BCUT2D eigenvalue weighted by atomic mass is 16.6. The summed E-state index contributed by atoms with van der Waals surface area (Å²) in [5.41, 5.74) is -0.399. The van der Waals surface area contributed by atoms with E-state index in [1.54, 1.807) is 0 Å². The number of piperidine rings is 1. The summed E-state index contributed by atoms with van der Waals surface area (Å²) < 4.78 is 5.49. The molecule has 0 unspecified atom stereocenters. The summed E-state index contributed by atoms with van der Waals surface area (Å²) in [5, 5.41) is 3.15. The second kappa shape index (κ2) is 6.98. The van der Waals surface area contributed by atoms with Crippen LogP contribution in [0, 0.1) is 0 Å². The lowest BCUT2D eigenvalue weighted by Gasteiger charge is -2.36. The number of nitrogens with one attached hydrogen (secondary N) is 1. The van der Waals surface area contributed by atoms with Crippen molar-refractivity contribution in [3.8, 4) is 0 Å². The Morgan fingerprint density at radius 2 is 2.11 bits per heavy atom. The summed E-state index contributed by atoms with van der Waals surface area (Å²) in [6.07, 6.45) is 5.48. The summed E-state index contributed by atoms with van der Waals surface area (Å²) >= 11 is 0. The summed E-state index contributed by atoms with van der Waals surface area (Å²) in [4.78, 5) is 14.1. The van der Waals surface area contributed by atoms with Crippen LogP contribution in [0.3, 0.4) is 0 Å². The average molecular weight is 256 g/mol. The van der Waals surface area contributed by atoms with E-state index in [9.17, 15) is 4.79 Å². The smallest absolute Gasteiger partial charge is 0.410 e. The molecule has 1 rings (SSSR count). The van der Waals surface area contributed by atoms with E-state index in [1.807, 2.05) is 32.7 Å². The van der Waals surface area contributed by atoms with Crippen LogP contribution in [-0.4, -0.2) is 42.8 Å². The minimum atomic E-state index is -0.399.